The number of carbonyl (C=O) groups excluding carboxylic acids is 1. The molecule has 0 aliphatic heterocycles. The van der Waals surface area contributed by atoms with Crippen LogP contribution in [-0.4, -0.2) is 19.6 Å². The van der Waals surface area contributed by atoms with Gasteiger partial charge in [-0.2, -0.15) is 8.75 Å². The average molecular weight is 350 g/mol. The second-order valence-electron chi connectivity index (χ2n) is 5.69. The van der Waals surface area contributed by atoms with Crippen LogP contribution in [0.25, 0.3) is 21.9 Å². The lowest BCUT2D eigenvalue weighted by Gasteiger charge is -2.08. The van der Waals surface area contributed by atoms with E-state index in [2.05, 4.69) is 19.0 Å². The number of carbonyl (C=O) groups is 1. The highest BCUT2D eigenvalue weighted by Gasteiger charge is 2.10. The van der Waals surface area contributed by atoms with Gasteiger partial charge in [-0.05, 0) is 42.3 Å². The predicted octanol–water partition coefficient (Wildman–Crippen LogP) is 3.35. The number of benzene rings is 2. The molecule has 2 aromatic carbocycles. The molecule has 0 saturated heterocycles. The minimum Gasteiger partial charge on any atom is -0.322 e. The highest BCUT2D eigenvalue weighted by molar-refractivity contribution is 7.00. The Balaban J connectivity index is 1.67. The highest BCUT2D eigenvalue weighted by atomic mass is 32.1. The van der Waals surface area contributed by atoms with Crippen LogP contribution in [-0.2, 0) is 6.42 Å². The normalized spacial score (nSPS) is 11.1. The fourth-order valence-corrected chi connectivity index (χ4v) is 3.35. The van der Waals surface area contributed by atoms with Crippen LogP contribution < -0.4 is 10.9 Å². The summed E-state index contributed by atoms with van der Waals surface area (Å²) in [7, 11) is 0. The summed E-state index contributed by atoms with van der Waals surface area (Å²) >= 11 is 1.12. The van der Waals surface area contributed by atoms with Gasteiger partial charge in [0.1, 0.15) is 11.0 Å². The number of anilines is 1. The summed E-state index contributed by atoms with van der Waals surface area (Å²) in [6.45, 7) is 2.01. The van der Waals surface area contributed by atoms with Crippen molar-refractivity contribution in [2.45, 2.75) is 13.3 Å². The Labute approximate surface area is 146 Å². The van der Waals surface area contributed by atoms with Crippen LogP contribution in [0.3, 0.4) is 0 Å². The van der Waals surface area contributed by atoms with E-state index in [0.717, 1.165) is 34.6 Å². The van der Waals surface area contributed by atoms with Crippen molar-refractivity contribution in [3.8, 4) is 0 Å². The molecule has 0 saturated carbocycles. The van der Waals surface area contributed by atoms with E-state index in [1.807, 2.05) is 19.1 Å². The van der Waals surface area contributed by atoms with Crippen LogP contribution in [0.15, 0.2) is 47.3 Å². The molecule has 0 atom stereocenters. The van der Waals surface area contributed by atoms with Crippen molar-refractivity contribution in [2.75, 3.05) is 5.32 Å². The molecule has 2 heterocycles. The summed E-state index contributed by atoms with van der Waals surface area (Å²) < 4.78 is 8.28. The van der Waals surface area contributed by atoms with Gasteiger partial charge in [-0.1, -0.05) is 13.0 Å². The van der Waals surface area contributed by atoms with E-state index >= 15 is 0 Å². The van der Waals surface area contributed by atoms with E-state index in [0.29, 0.717) is 22.3 Å². The molecule has 0 radical (unpaired) electrons. The van der Waals surface area contributed by atoms with E-state index < -0.39 is 0 Å². The van der Waals surface area contributed by atoms with Crippen molar-refractivity contribution in [3.63, 3.8) is 0 Å². The molecule has 0 spiro atoms. The Morgan fingerprint density at radius 2 is 1.96 bits per heavy atom. The molecule has 124 valence electrons. The number of hydrogen-bond acceptors (Lipinski definition) is 5. The van der Waals surface area contributed by atoms with Crippen molar-refractivity contribution in [1.29, 1.82) is 0 Å². The maximum atomic E-state index is 12.5. The second kappa shape index (κ2) is 6.10. The molecule has 0 unspecified atom stereocenters. The Kier molecular flexibility index (Phi) is 3.77. The molecule has 4 aromatic rings. The van der Waals surface area contributed by atoms with Crippen LogP contribution in [0.2, 0.25) is 0 Å². The first-order chi connectivity index (χ1) is 12.1. The van der Waals surface area contributed by atoms with Crippen molar-refractivity contribution in [3.05, 3.63) is 63.9 Å². The second-order valence-corrected chi connectivity index (χ2v) is 6.22. The fraction of sp³-hybridized carbons (Fsp3) is 0.111. The van der Waals surface area contributed by atoms with Crippen molar-refractivity contribution in [2.24, 2.45) is 0 Å². The lowest BCUT2D eigenvalue weighted by molar-refractivity contribution is 0.102. The molecule has 2 aromatic heterocycles. The molecule has 0 aliphatic carbocycles. The van der Waals surface area contributed by atoms with Gasteiger partial charge in [0.25, 0.3) is 5.91 Å². The first kappa shape index (κ1) is 15.5. The molecular formula is C18H14N4O2S. The highest BCUT2D eigenvalue weighted by Crippen LogP contribution is 2.21. The Hall–Kier alpha value is -3.06. The Morgan fingerprint density at radius 1 is 1.12 bits per heavy atom. The minimum atomic E-state index is -0.233. The number of fused-ring (bicyclic) bond motifs is 2. The fourth-order valence-electron chi connectivity index (χ4n) is 2.83. The summed E-state index contributed by atoms with van der Waals surface area (Å²) in [4.78, 5) is 27.1. The summed E-state index contributed by atoms with van der Waals surface area (Å²) in [6.07, 6.45) is 0.772. The molecule has 4 rings (SSSR count). The van der Waals surface area contributed by atoms with E-state index in [-0.39, 0.29) is 11.5 Å². The average Bonchev–Trinajstić information content (AvgIpc) is 3.08. The van der Waals surface area contributed by atoms with Gasteiger partial charge < -0.3 is 10.3 Å². The Morgan fingerprint density at radius 3 is 2.80 bits per heavy atom. The number of nitrogens with one attached hydrogen (secondary N) is 2. The molecule has 0 aliphatic rings. The monoisotopic (exact) mass is 350 g/mol. The predicted molar refractivity (Wildman–Crippen MR) is 99.3 cm³/mol. The van der Waals surface area contributed by atoms with Gasteiger partial charge in [-0.3, -0.25) is 9.59 Å². The number of aromatic nitrogens is 3. The van der Waals surface area contributed by atoms with Crippen LogP contribution in [0, 0.1) is 0 Å². The van der Waals surface area contributed by atoms with Gasteiger partial charge in [-0.15, -0.1) is 0 Å². The molecule has 0 fully saturated rings. The third-order valence-electron chi connectivity index (χ3n) is 4.08. The lowest BCUT2D eigenvalue weighted by Crippen LogP contribution is -2.12. The van der Waals surface area contributed by atoms with Crippen molar-refractivity contribution >= 4 is 45.3 Å². The molecule has 0 bridgehead atoms. The van der Waals surface area contributed by atoms with Crippen molar-refractivity contribution < 1.29 is 4.79 Å². The summed E-state index contributed by atoms with van der Waals surface area (Å²) in [5, 5.41) is 3.84. The number of nitrogens with zero attached hydrogens (tertiary/aromatic N) is 2. The zero-order valence-electron chi connectivity index (χ0n) is 13.4. The van der Waals surface area contributed by atoms with E-state index in [4.69, 9.17) is 0 Å². The third-order valence-corrected chi connectivity index (χ3v) is 4.64. The molecule has 1 amide bonds. The number of rotatable bonds is 3. The SMILES string of the molecule is CCc1cc(=O)[nH]c2cc(NC(=O)c3ccc4nsnc4c3)ccc12. The van der Waals surface area contributed by atoms with Gasteiger partial charge in [0.05, 0.1) is 17.2 Å². The number of amides is 1. The van der Waals surface area contributed by atoms with Gasteiger partial charge in [-0.25, -0.2) is 0 Å². The van der Waals surface area contributed by atoms with Crippen LogP contribution in [0.5, 0.6) is 0 Å². The third kappa shape index (κ3) is 2.89. The van der Waals surface area contributed by atoms with Crippen LogP contribution in [0.4, 0.5) is 5.69 Å². The number of H-pyrrole nitrogens is 1. The summed E-state index contributed by atoms with van der Waals surface area (Å²) in [5.41, 5.74) is 4.16. The molecule has 25 heavy (non-hydrogen) atoms. The molecule has 6 nitrogen and oxygen atoms in total. The van der Waals surface area contributed by atoms with Crippen molar-refractivity contribution in [1.82, 2.24) is 13.7 Å². The van der Waals surface area contributed by atoms with E-state index in [9.17, 15) is 9.59 Å². The van der Waals surface area contributed by atoms with Gasteiger partial charge >= 0.3 is 0 Å². The van der Waals surface area contributed by atoms with E-state index in [1.54, 1.807) is 30.3 Å². The lowest BCUT2D eigenvalue weighted by atomic mass is 10.1. The smallest absolute Gasteiger partial charge is 0.255 e. The number of pyridine rings is 1. The maximum absolute atomic E-state index is 12.5. The Bertz CT molecular complexity index is 1160. The maximum Gasteiger partial charge on any atom is 0.255 e. The summed E-state index contributed by atoms with van der Waals surface area (Å²) in [5.74, 6) is -0.233. The topological polar surface area (TPSA) is 87.7 Å². The molecule has 7 heteroatoms. The standard InChI is InChI=1S/C18H14N4O2S/c1-2-10-8-17(23)20-15-9-12(4-5-13(10)15)19-18(24)11-3-6-14-16(7-11)22-25-21-14/h3-9H,2H2,1H3,(H,19,24)(H,20,23). The number of aromatic amines is 1. The number of aryl methyl sites for hydroxylation is 1. The summed E-state index contributed by atoms with van der Waals surface area (Å²) in [6, 6.07) is 12.3. The van der Waals surface area contributed by atoms with Crippen LogP contribution >= 0.6 is 11.7 Å². The largest absolute Gasteiger partial charge is 0.322 e. The first-order valence-corrected chi connectivity index (χ1v) is 8.56. The molecular weight excluding hydrogens is 336 g/mol. The van der Waals surface area contributed by atoms with Gasteiger partial charge in [0.15, 0.2) is 0 Å². The zero-order valence-corrected chi connectivity index (χ0v) is 14.2. The van der Waals surface area contributed by atoms with Crippen LogP contribution in [0.1, 0.15) is 22.8 Å². The minimum absolute atomic E-state index is 0.144. The van der Waals surface area contributed by atoms with E-state index in [1.165, 1.54) is 0 Å². The number of hydrogen-bond donors (Lipinski definition) is 2. The molecule has 2 N–H and O–H groups in total. The van der Waals surface area contributed by atoms with Gasteiger partial charge in [0.2, 0.25) is 5.56 Å². The zero-order chi connectivity index (χ0) is 17.4. The quantitative estimate of drug-likeness (QED) is 0.593. The first-order valence-electron chi connectivity index (χ1n) is 7.83. The van der Waals surface area contributed by atoms with Gasteiger partial charge in [0, 0.05) is 22.7 Å².